The first-order chi connectivity index (χ1) is 13.7. The van der Waals surface area contributed by atoms with E-state index in [2.05, 4.69) is 36.4 Å². The van der Waals surface area contributed by atoms with Gasteiger partial charge in [-0.05, 0) is 55.2 Å². The molecule has 2 aromatic carbocycles. The molecule has 0 bridgehead atoms. The Morgan fingerprint density at radius 3 is 2.68 bits per heavy atom. The molecule has 1 atom stereocenters. The van der Waals surface area contributed by atoms with Crippen LogP contribution in [0.15, 0.2) is 60.7 Å². The SMILES string of the molecule is O=C(c1cc2ccccc2s1)N1CCC[C@@](CO)(CCCc2ccccc2)C1. The van der Waals surface area contributed by atoms with Crippen molar-refractivity contribution in [3.63, 3.8) is 0 Å². The van der Waals surface area contributed by atoms with E-state index in [0.717, 1.165) is 53.6 Å². The molecule has 0 aliphatic carbocycles. The predicted molar refractivity (Wildman–Crippen MR) is 116 cm³/mol. The number of aliphatic hydroxyl groups is 1. The molecule has 1 saturated heterocycles. The number of aryl methyl sites for hydroxylation is 1. The Morgan fingerprint density at radius 2 is 1.89 bits per heavy atom. The molecule has 1 aromatic heterocycles. The number of rotatable bonds is 6. The Morgan fingerprint density at radius 1 is 1.11 bits per heavy atom. The van der Waals surface area contributed by atoms with Crippen molar-refractivity contribution >= 4 is 27.3 Å². The second kappa shape index (κ2) is 8.46. The highest BCUT2D eigenvalue weighted by Gasteiger charge is 2.36. The minimum atomic E-state index is -0.167. The van der Waals surface area contributed by atoms with Gasteiger partial charge in [0.05, 0.1) is 11.5 Å². The van der Waals surface area contributed by atoms with Crippen LogP contribution in [-0.2, 0) is 6.42 Å². The summed E-state index contributed by atoms with van der Waals surface area (Å²) in [6, 6.07) is 20.6. The van der Waals surface area contributed by atoms with Gasteiger partial charge in [0.25, 0.3) is 5.91 Å². The summed E-state index contributed by atoms with van der Waals surface area (Å²) in [5.74, 6) is 0.113. The van der Waals surface area contributed by atoms with E-state index in [9.17, 15) is 9.90 Å². The van der Waals surface area contributed by atoms with E-state index in [1.54, 1.807) is 11.3 Å². The van der Waals surface area contributed by atoms with Gasteiger partial charge in [-0.3, -0.25) is 4.79 Å². The van der Waals surface area contributed by atoms with E-state index in [1.807, 2.05) is 29.2 Å². The molecule has 3 aromatic rings. The third-order valence-electron chi connectivity index (χ3n) is 5.94. The van der Waals surface area contributed by atoms with Crippen molar-refractivity contribution in [2.75, 3.05) is 19.7 Å². The number of aliphatic hydroxyl groups excluding tert-OH is 1. The van der Waals surface area contributed by atoms with Crippen LogP contribution < -0.4 is 0 Å². The van der Waals surface area contributed by atoms with Gasteiger partial charge in [-0.25, -0.2) is 0 Å². The van der Waals surface area contributed by atoms with E-state index in [0.29, 0.717) is 6.54 Å². The van der Waals surface area contributed by atoms with Crippen molar-refractivity contribution in [1.82, 2.24) is 4.90 Å². The summed E-state index contributed by atoms with van der Waals surface area (Å²) in [4.78, 5) is 15.9. The standard InChI is InChI=1S/C24H27NO2S/c26-18-24(13-6-10-19-8-2-1-3-9-19)14-7-15-25(17-24)23(27)22-16-20-11-4-5-12-21(20)28-22/h1-5,8-9,11-12,16,26H,6-7,10,13-15,17-18H2/t24-/m0/s1. The van der Waals surface area contributed by atoms with Crippen LogP contribution in [0.5, 0.6) is 0 Å². The van der Waals surface area contributed by atoms with E-state index < -0.39 is 0 Å². The third-order valence-corrected chi connectivity index (χ3v) is 7.04. The molecule has 1 aliphatic rings. The van der Waals surface area contributed by atoms with Crippen molar-refractivity contribution in [1.29, 1.82) is 0 Å². The molecule has 0 saturated carbocycles. The van der Waals surface area contributed by atoms with Gasteiger partial charge in [0.2, 0.25) is 0 Å². The number of nitrogens with zero attached hydrogens (tertiary/aromatic N) is 1. The van der Waals surface area contributed by atoms with Crippen molar-refractivity contribution in [3.8, 4) is 0 Å². The number of carbonyl (C=O) groups excluding carboxylic acids is 1. The summed E-state index contributed by atoms with van der Waals surface area (Å²) >= 11 is 1.57. The fourth-order valence-corrected chi connectivity index (χ4v) is 5.38. The van der Waals surface area contributed by atoms with Crippen LogP contribution in [-0.4, -0.2) is 35.6 Å². The monoisotopic (exact) mass is 393 g/mol. The molecule has 1 aliphatic heterocycles. The molecule has 4 rings (SSSR count). The van der Waals surface area contributed by atoms with Gasteiger partial charge in [0, 0.05) is 23.2 Å². The maximum atomic E-state index is 13.1. The first kappa shape index (κ1) is 19.2. The molecule has 1 fully saturated rings. The van der Waals surface area contributed by atoms with Crippen LogP contribution in [0.3, 0.4) is 0 Å². The number of fused-ring (bicyclic) bond motifs is 1. The molecule has 146 valence electrons. The minimum Gasteiger partial charge on any atom is -0.396 e. The summed E-state index contributed by atoms with van der Waals surface area (Å²) in [6.07, 6.45) is 4.97. The van der Waals surface area contributed by atoms with E-state index >= 15 is 0 Å². The average molecular weight is 394 g/mol. The number of carbonyl (C=O) groups is 1. The largest absolute Gasteiger partial charge is 0.396 e. The second-order valence-corrected chi connectivity index (χ2v) is 9.06. The topological polar surface area (TPSA) is 40.5 Å². The molecule has 1 amide bonds. The number of hydrogen-bond donors (Lipinski definition) is 1. The molecule has 0 unspecified atom stereocenters. The number of piperidine rings is 1. The molecule has 2 heterocycles. The molecule has 28 heavy (non-hydrogen) atoms. The maximum absolute atomic E-state index is 13.1. The van der Waals surface area contributed by atoms with Crippen molar-refractivity contribution < 1.29 is 9.90 Å². The Balaban J connectivity index is 1.43. The van der Waals surface area contributed by atoms with Gasteiger partial charge in [-0.15, -0.1) is 11.3 Å². The number of thiophene rings is 1. The molecule has 0 radical (unpaired) electrons. The first-order valence-electron chi connectivity index (χ1n) is 10.1. The predicted octanol–water partition coefficient (Wildman–Crippen LogP) is 5.14. The summed E-state index contributed by atoms with van der Waals surface area (Å²) < 4.78 is 1.15. The van der Waals surface area contributed by atoms with E-state index in [1.165, 1.54) is 5.56 Å². The Kier molecular flexibility index (Phi) is 5.79. The molecular weight excluding hydrogens is 366 g/mol. The normalized spacial score (nSPS) is 19.8. The Labute approximate surface area is 170 Å². The van der Waals surface area contributed by atoms with Gasteiger partial charge >= 0.3 is 0 Å². The summed E-state index contributed by atoms with van der Waals surface area (Å²) in [5, 5.41) is 11.3. The third kappa shape index (κ3) is 4.13. The lowest BCUT2D eigenvalue weighted by Crippen LogP contribution is -2.47. The van der Waals surface area contributed by atoms with Crippen molar-refractivity contribution in [3.05, 3.63) is 71.1 Å². The van der Waals surface area contributed by atoms with Gasteiger partial charge in [-0.1, -0.05) is 48.5 Å². The van der Waals surface area contributed by atoms with Crippen molar-refractivity contribution in [2.24, 2.45) is 5.41 Å². The molecular formula is C24H27NO2S. The molecule has 0 spiro atoms. The zero-order valence-corrected chi connectivity index (χ0v) is 17.0. The van der Waals surface area contributed by atoms with Crippen LogP contribution in [0.1, 0.15) is 40.9 Å². The van der Waals surface area contributed by atoms with E-state index in [-0.39, 0.29) is 17.9 Å². The van der Waals surface area contributed by atoms with Crippen LogP contribution in [0.4, 0.5) is 0 Å². The molecule has 3 nitrogen and oxygen atoms in total. The summed E-state index contributed by atoms with van der Waals surface area (Å²) in [6.45, 7) is 1.59. The Hall–Kier alpha value is -2.17. The quantitative estimate of drug-likeness (QED) is 0.630. The van der Waals surface area contributed by atoms with Crippen LogP contribution in [0.2, 0.25) is 0 Å². The number of hydrogen-bond acceptors (Lipinski definition) is 3. The van der Waals surface area contributed by atoms with Crippen LogP contribution >= 0.6 is 11.3 Å². The lowest BCUT2D eigenvalue weighted by atomic mass is 9.76. The zero-order chi connectivity index (χ0) is 19.4. The second-order valence-electron chi connectivity index (χ2n) is 7.98. The van der Waals surface area contributed by atoms with Gasteiger partial charge in [0.15, 0.2) is 0 Å². The fraction of sp³-hybridized carbons (Fsp3) is 0.375. The lowest BCUT2D eigenvalue weighted by Gasteiger charge is -2.42. The van der Waals surface area contributed by atoms with Gasteiger partial charge < -0.3 is 10.0 Å². The smallest absolute Gasteiger partial charge is 0.263 e. The highest BCUT2D eigenvalue weighted by Crippen LogP contribution is 2.36. The molecule has 4 heteroatoms. The van der Waals surface area contributed by atoms with Crippen molar-refractivity contribution in [2.45, 2.75) is 32.1 Å². The average Bonchev–Trinajstić information content (AvgIpc) is 3.18. The zero-order valence-electron chi connectivity index (χ0n) is 16.1. The summed E-state index contributed by atoms with van der Waals surface area (Å²) in [5.41, 5.74) is 1.17. The minimum absolute atomic E-state index is 0.113. The number of amides is 1. The fourth-order valence-electron chi connectivity index (χ4n) is 4.35. The highest BCUT2D eigenvalue weighted by atomic mass is 32.1. The van der Waals surface area contributed by atoms with Gasteiger partial charge in [-0.2, -0.15) is 0 Å². The van der Waals surface area contributed by atoms with Gasteiger partial charge in [0.1, 0.15) is 0 Å². The van der Waals surface area contributed by atoms with Crippen LogP contribution in [0.25, 0.3) is 10.1 Å². The highest BCUT2D eigenvalue weighted by molar-refractivity contribution is 7.20. The molecule has 1 N–H and O–H groups in total. The maximum Gasteiger partial charge on any atom is 0.263 e. The number of benzene rings is 2. The Bertz CT molecular complexity index is 903. The first-order valence-corrected chi connectivity index (χ1v) is 10.9. The van der Waals surface area contributed by atoms with E-state index in [4.69, 9.17) is 0 Å². The summed E-state index contributed by atoms with van der Waals surface area (Å²) in [7, 11) is 0. The van der Waals surface area contributed by atoms with Crippen LogP contribution in [0, 0.1) is 5.41 Å². The number of likely N-dealkylation sites (tertiary alicyclic amines) is 1. The lowest BCUT2D eigenvalue weighted by molar-refractivity contribution is 0.0219.